The van der Waals surface area contributed by atoms with Crippen molar-refractivity contribution in [2.24, 2.45) is 16.8 Å². The Bertz CT molecular complexity index is 691. The highest BCUT2D eigenvalue weighted by atomic mass is 32.1. The molecule has 0 bridgehead atoms. The van der Waals surface area contributed by atoms with E-state index in [4.69, 9.17) is 14.7 Å². The number of ether oxygens (including phenoxy) is 1. The number of piperidine rings is 2. The van der Waals surface area contributed by atoms with Gasteiger partial charge < -0.3 is 15.0 Å². The fourth-order valence-corrected chi connectivity index (χ4v) is 5.01. The van der Waals surface area contributed by atoms with E-state index in [2.05, 4.69) is 34.3 Å². The number of guanidine groups is 1. The molecule has 0 atom stereocenters. The van der Waals surface area contributed by atoms with Crippen LogP contribution < -0.4 is 5.32 Å². The molecule has 0 aliphatic carbocycles. The molecule has 3 rings (SSSR count). The van der Waals surface area contributed by atoms with Crippen LogP contribution in [-0.2, 0) is 22.5 Å². The number of esters is 1. The summed E-state index contributed by atoms with van der Waals surface area (Å²) in [5.74, 6) is 1.60. The van der Waals surface area contributed by atoms with E-state index < -0.39 is 0 Å². The Morgan fingerprint density at radius 2 is 1.97 bits per heavy atom. The molecule has 168 valence electrons. The maximum Gasteiger partial charge on any atom is 0.308 e. The van der Waals surface area contributed by atoms with Crippen LogP contribution in [0.5, 0.6) is 0 Å². The largest absolute Gasteiger partial charge is 0.469 e. The molecule has 8 heteroatoms. The summed E-state index contributed by atoms with van der Waals surface area (Å²) < 4.78 is 4.90. The molecule has 30 heavy (non-hydrogen) atoms. The van der Waals surface area contributed by atoms with Gasteiger partial charge in [-0.2, -0.15) is 0 Å². The summed E-state index contributed by atoms with van der Waals surface area (Å²) in [7, 11) is 1.48. The van der Waals surface area contributed by atoms with Crippen molar-refractivity contribution in [1.29, 1.82) is 0 Å². The number of rotatable bonds is 7. The average molecular weight is 436 g/mol. The highest BCUT2D eigenvalue weighted by Gasteiger charge is 2.27. The lowest BCUT2D eigenvalue weighted by Gasteiger charge is -2.34. The van der Waals surface area contributed by atoms with Crippen molar-refractivity contribution >= 4 is 23.3 Å². The predicted molar refractivity (Wildman–Crippen MR) is 122 cm³/mol. The van der Waals surface area contributed by atoms with Gasteiger partial charge in [-0.1, -0.05) is 6.92 Å². The van der Waals surface area contributed by atoms with Gasteiger partial charge in [-0.25, -0.2) is 4.98 Å². The number of nitrogens with one attached hydrogen (secondary N) is 1. The molecule has 0 radical (unpaired) electrons. The molecule has 0 spiro atoms. The molecule has 0 saturated carbocycles. The number of likely N-dealkylation sites (tertiary alicyclic amines) is 2. The van der Waals surface area contributed by atoms with Gasteiger partial charge in [-0.3, -0.25) is 14.7 Å². The molecule has 3 heterocycles. The molecule has 0 amide bonds. The summed E-state index contributed by atoms with van der Waals surface area (Å²) in [5.41, 5.74) is 1.22. The Labute approximate surface area is 184 Å². The minimum Gasteiger partial charge on any atom is -0.469 e. The fourth-order valence-electron chi connectivity index (χ4n) is 4.28. The number of aryl methyl sites for hydroxylation is 1. The summed E-state index contributed by atoms with van der Waals surface area (Å²) in [4.78, 5) is 26.3. The third-order valence-electron chi connectivity index (χ3n) is 6.16. The minimum atomic E-state index is -0.0769. The standard InChI is InChI=1S/C22H37N5O2S/c1-4-20-25-19(16-30-20)15-26-10-6-17(7-11-26)14-24-22(23-5-2)27-12-8-18(9-13-27)21(28)29-3/h16-18H,4-15H2,1-3H3,(H,23,24). The van der Waals surface area contributed by atoms with E-state index in [9.17, 15) is 4.79 Å². The van der Waals surface area contributed by atoms with Crippen molar-refractivity contribution in [1.82, 2.24) is 20.1 Å². The van der Waals surface area contributed by atoms with Crippen molar-refractivity contribution in [2.75, 3.05) is 46.4 Å². The third kappa shape index (κ3) is 6.41. The van der Waals surface area contributed by atoms with Crippen molar-refractivity contribution in [2.45, 2.75) is 52.5 Å². The van der Waals surface area contributed by atoms with Crippen LogP contribution in [-0.4, -0.2) is 73.1 Å². The van der Waals surface area contributed by atoms with Gasteiger partial charge in [-0.05, 0) is 58.0 Å². The molecule has 2 aliphatic heterocycles. The second-order valence-corrected chi connectivity index (χ2v) is 9.23. The quantitative estimate of drug-likeness (QED) is 0.403. The molecular formula is C22H37N5O2S. The molecule has 2 fully saturated rings. The number of aliphatic imine (C=N–C) groups is 1. The highest BCUT2D eigenvalue weighted by molar-refractivity contribution is 7.09. The first kappa shape index (κ1) is 23.0. The van der Waals surface area contributed by atoms with Gasteiger partial charge in [0.1, 0.15) is 0 Å². The summed E-state index contributed by atoms with van der Waals surface area (Å²) in [6, 6.07) is 0. The number of carbonyl (C=O) groups excluding carboxylic acids is 1. The van der Waals surface area contributed by atoms with E-state index in [0.29, 0.717) is 5.92 Å². The number of hydrogen-bond donors (Lipinski definition) is 1. The van der Waals surface area contributed by atoms with Gasteiger partial charge in [0, 0.05) is 38.1 Å². The van der Waals surface area contributed by atoms with Crippen LogP contribution in [0.2, 0.25) is 0 Å². The summed E-state index contributed by atoms with van der Waals surface area (Å²) in [6.07, 6.45) is 5.09. The van der Waals surface area contributed by atoms with Gasteiger partial charge in [0.15, 0.2) is 5.96 Å². The van der Waals surface area contributed by atoms with E-state index in [-0.39, 0.29) is 11.9 Å². The van der Waals surface area contributed by atoms with Crippen LogP contribution >= 0.6 is 11.3 Å². The topological polar surface area (TPSA) is 70.1 Å². The van der Waals surface area contributed by atoms with Gasteiger partial charge in [0.2, 0.25) is 0 Å². The number of aromatic nitrogens is 1. The minimum absolute atomic E-state index is 0.0320. The summed E-state index contributed by atoms with van der Waals surface area (Å²) in [6.45, 7) is 11.0. The Morgan fingerprint density at radius 3 is 2.57 bits per heavy atom. The van der Waals surface area contributed by atoms with Crippen molar-refractivity contribution in [3.05, 3.63) is 16.1 Å². The number of carbonyl (C=O) groups is 1. The Kier molecular flexibility index (Phi) is 8.93. The summed E-state index contributed by atoms with van der Waals surface area (Å²) in [5, 5.41) is 6.89. The zero-order chi connectivity index (χ0) is 21.3. The molecule has 1 aromatic heterocycles. The maximum absolute atomic E-state index is 11.8. The molecule has 1 aromatic rings. The predicted octanol–water partition coefficient (Wildman–Crippen LogP) is 2.77. The number of nitrogens with zero attached hydrogens (tertiary/aromatic N) is 4. The van der Waals surface area contributed by atoms with E-state index in [0.717, 1.165) is 71.0 Å². The molecular weight excluding hydrogens is 398 g/mol. The van der Waals surface area contributed by atoms with Crippen molar-refractivity contribution < 1.29 is 9.53 Å². The zero-order valence-electron chi connectivity index (χ0n) is 18.7. The van der Waals surface area contributed by atoms with Crippen LogP contribution in [0, 0.1) is 11.8 Å². The van der Waals surface area contributed by atoms with Crippen LogP contribution in [0.15, 0.2) is 10.4 Å². The van der Waals surface area contributed by atoms with Crippen LogP contribution in [0.25, 0.3) is 0 Å². The van der Waals surface area contributed by atoms with Crippen LogP contribution in [0.1, 0.15) is 50.2 Å². The first-order valence-electron chi connectivity index (χ1n) is 11.4. The molecule has 2 aliphatic rings. The SMILES string of the molecule is CCNC(=NCC1CCN(Cc2csc(CC)n2)CC1)N1CCC(C(=O)OC)CC1. The zero-order valence-corrected chi connectivity index (χ0v) is 19.5. The number of methoxy groups -OCH3 is 1. The molecule has 0 unspecified atom stereocenters. The van der Waals surface area contributed by atoms with Crippen LogP contribution in [0.4, 0.5) is 0 Å². The lowest BCUT2D eigenvalue weighted by Crippen LogP contribution is -2.47. The van der Waals surface area contributed by atoms with E-state index in [1.807, 2.05) is 0 Å². The second-order valence-electron chi connectivity index (χ2n) is 8.28. The van der Waals surface area contributed by atoms with E-state index >= 15 is 0 Å². The smallest absolute Gasteiger partial charge is 0.308 e. The Hall–Kier alpha value is -1.67. The normalized spacial score (nSPS) is 19.8. The first-order valence-corrected chi connectivity index (χ1v) is 12.3. The molecule has 2 saturated heterocycles. The molecule has 1 N–H and O–H groups in total. The average Bonchev–Trinajstić information content (AvgIpc) is 3.25. The van der Waals surface area contributed by atoms with Crippen LogP contribution in [0.3, 0.4) is 0 Å². The van der Waals surface area contributed by atoms with Gasteiger partial charge in [-0.15, -0.1) is 11.3 Å². The Morgan fingerprint density at radius 1 is 1.23 bits per heavy atom. The van der Waals surface area contributed by atoms with Gasteiger partial charge in [0.25, 0.3) is 0 Å². The highest BCUT2D eigenvalue weighted by Crippen LogP contribution is 2.22. The maximum atomic E-state index is 11.8. The first-order chi connectivity index (χ1) is 14.6. The summed E-state index contributed by atoms with van der Waals surface area (Å²) >= 11 is 1.78. The lowest BCUT2D eigenvalue weighted by molar-refractivity contribution is -0.146. The van der Waals surface area contributed by atoms with E-state index in [1.54, 1.807) is 11.3 Å². The van der Waals surface area contributed by atoms with Gasteiger partial charge in [0.05, 0.1) is 23.7 Å². The van der Waals surface area contributed by atoms with Gasteiger partial charge >= 0.3 is 5.97 Å². The van der Waals surface area contributed by atoms with Crippen molar-refractivity contribution in [3.8, 4) is 0 Å². The third-order valence-corrected chi connectivity index (χ3v) is 7.20. The fraction of sp³-hybridized carbons (Fsp3) is 0.773. The molecule has 0 aromatic carbocycles. The Balaban J connectivity index is 1.45. The second kappa shape index (κ2) is 11.6. The number of thiazole rings is 1. The van der Waals surface area contributed by atoms with Crippen molar-refractivity contribution in [3.63, 3.8) is 0 Å². The monoisotopic (exact) mass is 435 g/mol. The van der Waals surface area contributed by atoms with E-state index in [1.165, 1.54) is 30.7 Å². The molecule has 7 nitrogen and oxygen atoms in total. The number of hydrogen-bond acceptors (Lipinski definition) is 6. The lowest BCUT2D eigenvalue weighted by atomic mass is 9.96.